The van der Waals surface area contributed by atoms with Crippen LogP contribution in [0.1, 0.15) is 46.0 Å². The Labute approximate surface area is 121 Å². The highest BCUT2D eigenvalue weighted by Crippen LogP contribution is 2.18. The first-order valence-electron chi connectivity index (χ1n) is 7.82. The number of aromatic nitrogens is 3. The summed E-state index contributed by atoms with van der Waals surface area (Å²) in [6.07, 6.45) is 5.87. The van der Waals surface area contributed by atoms with Gasteiger partial charge in [0.15, 0.2) is 0 Å². The third-order valence-corrected chi connectivity index (χ3v) is 3.33. The van der Waals surface area contributed by atoms with Crippen LogP contribution in [-0.2, 0) is 0 Å². The van der Waals surface area contributed by atoms with Gasteiger partial charge in [-0.2, -0.15) is 15.0 Å². The lowest BCUT2D eigenvalue weighted by Crippen LogP contribution is -2.31. The highest BCUT2D eigenvalue weighted by Gasteiger charge is 2.15. The fraction of sp³-hybridized carbons (Fsp3) is 0.786. The van der Waals surface area contributed by atoms with Crippen molar-refractivity contribution in [2.24, 2.45) is 0 Å². The van der Waals surface area contributed by atoms with Crippen LogP contribution in [0.5, 0.6) is 0 Å². The summed E-state index contributed by atoms with van der Waals surface area (Å²) in [5.41, 5.74) is 0. The van der Waals surface area contributed by atoms with Gasteiger partial charge < -0.3 is 15.5 Å². The molecule has 20 heavy (non-hydrogen) atoms. The first-order valence-corrected chi connectivity index (χ1v) is 7.82. The fourth-order valence-corrected chi connectivity index (χ4v) is 2.23. The SMILES string of the molecule is CCCNc1nc(NCCC)nc(N2CCCCC2)n1. The Kier molecular flexibility index (Phi) is 5.83. The molecule has 1 aromatic rings. The number of hydrogen-bond acceptors (Lipinski definition) is 6. The number of hydrogen-bond donors (Lipinski definition) is 2. The molecule has 2 heterocycles. The van der Waals surface area contributed by atoms with Crippen molar-refractivity contribution in [1.29, 1.82) is 0 Å². The number of rotatable bonds is 7. The van der Waals surface area contributed by atoms with Gasteiger partial charge in [0.1, 0.15) is 0 Å². The van der Waals surface area contributed by atoms with Gasteiger partial charge in [-0.1, -0.05) is 13.8 Å². The molecular weight excluding hydrogens is 252 g/mol. The van der Waals surface area contributed by atoms with Gasteiger partial charge in [0, 0.05) is 26.2 Å². The van der Waals surface area contributed by atoms with Crippen LogP contribution in [-0.4, -0.2) is 41.1 Å². The Bertz CT molecular complexity index is 376. The lowest BCUT2D eigenvalue weighted by atomic mass is 10.1. The van der Waals surface area contributed by atoms with Crippen molar-refractivity contribution in [3.63, 3.8) is 0 Å². The summed E-state index contributed by atoms with van der Waals surface area (Å²) in [6, 6.07) is 0. The molecule has 1 fully saturated rings. The largest absolute Gasteiger partial charge is 0.354 e. The predicted molar refractivity (Wildman–Crippen MR) is 83.5 cm³/mol. The highest BCUT2D eigenvalue weighted by molar-refractivity contribution is 5.44. The molecule has 0 aromatic carbocycles. The Morgan fingerprint density at radius 2 is 1.40 bits per heavy atom. The summed E-state index contributed by atoms with van der Waals surface area (Å²) in [7, 11) is 0. The van der Waals surface area contributed by atoms with Crippen LogP contribution in [0, 0.1) is 0 Å². The second-order valence-electron chi connectivity index (χ2n) is 5.18. The maximum atomic E-state index is 4.56. The second kappa shape index (κ2) is 7.87. The fourth-order valence-electron chi connectivity index (χ4n) is 2.23. The Morgan fingerprint density at radius 3 is 1.90 bits per heavy atom. The van der Waals surface area contributed by atoms with Crippen molar-refractivity contribution in [1.82, 2.24) is 15.0 Å². The lowest BCUT2D eigenvalue weighted by molar-refractivity contribution is 0.567. The normalized spacial score (nSPS) is 15.2. The zero-order valence-corrected chi connectivity index (χ0v) is 12.7. The molecule has 6 heteroatoms. The van der Waals surface area contributed by atoms with Crippen LogP contribution in [0.3, 0.4) is 0 Å². The molecule has 112 valence electrons. The molecule has 0 atom stereocenters. The van der Waals surface area contributed by atoms with Crippen LogP contribution in [0.2, 0.25) is 0 Å². The van der Waals surface area contributed by atoms with E-state index in [1.165, 1.54) is 19.3 Å². The average molecular weight is 278 g/mol. The molecule has 0 saturated carbocycles. The van der Waals surface area contributed by atoms with Gasteiger partial charge in [-0.15, -0.1) is 0 Å². The number of nitrogens with one attached hydrogen (secondary N) is 2. The maximum absolute atomic E-state index is 4.56. The van der Waals surface area contributed by atoms with E-state index in [0.29, 0.717) is 11.9 Å². The quantitative estimate of drug-likeness (QED) is 0.799. The van der Waals surface area contributed by atoms with Crippen LogP contribution < -0.4 is 15.5 Å². The third kappa shape index (κ3) is 4.21. The van der Waals surface area contributed by atoms with E-state index in [0.717, 1.165) is 45.0 Å². The van der Waals surface area contributed by atoms with Crippen molar-refractivity contribution in [3.05, 3.63) is 0 Å². The second-order valence-corrected chi connectivity index (χ2v) is 5.18. The summed E-state index contributed by atoms with van der Waals surface area (Å²) in [6.45, 7) is 8.13. The standard InChI is InChI=1S/C14H26N6/c1-3-8-15-12-17-13(16-9-4-2)19-14(18-12)20-10-6-5-7-11-20/h3-11H2,1-2H3,(H2,15,16,17,18,19). The minimum atomic E-state index is 0.682. The van der Waals surface area contributed by atoms with Gasteiger partial charge in [0.2, 0.25) is 17.8 Å². The van der Waals surface area contributed by atoms with Crippen LogP contribution >= 0.6 is 0 Å². The molecule has 6 nitrogen and oxygen atoms in total. The molecule has 1 aliphatic rings. The van der Waals surface area contributed by atoms with Crippen molar-refractivity contribution < 1.29 is 0 Å². The first-order chi connectivity index (χ1) is 9.83. The molecule has 0 amide bonds. The molecule has 0 radical (unpaired) electrons. The first kappa shape index (κ1) is 14.8. The zero-order valence-electron chi connectivity index (χ0n) is 12.7. The molecule has 0 aliphatic carbocycles. The van der Waals surface area contributed by atoms with E-state index >= 15 is 0 Å². The summed E-state index contributed by atoms with van der Waals surface area (Å²) >= 11 is 0. The molecule has 2 N–H and O–H groups in total. The van der Waals surface area contributed by atoms with Crippen LogP contribution in [0.4, 0.5) is 17.8 Å². The van der Waals surface area contributed by atoms with E-state index in [9.17, 15) is 0 Å². The summed E-state index contributed by atoms with van der Waals surface area (Å²) in [5, 5.41) is 6.52. The average Bonchev–Trinajstić information content (AvgIpc) is 2.51. The van der Waals surface area contributed by atoms with Gasteiger partial charge in [0.25, 0.3) is 0 Å². The van der Waals surface area contributed by atoms with E-state index in [2.05, 4.69) is 44.3 Å². The van der Waals surface area contributed by atoms with Crippen LogP contribution in [0.15, 0.2) is 0 Å². The molecule has 1 aliphatic heterocycles. The minimum absolute atomic E-state index is 0.682. The van der Waals surface area contributed by atoms with Gasteiger partial charge in [0.05, 0.1) is 0 Å². The molecule has 0 spiro atoms. The van der Waals surface area contributed by atoms with E-state index in [1.807, 2.05) is 0 Å². The highest BCUT2D eigenvalue weighted by atomic mass is 15.3. The zero-order chi connectivity index (χ0) is 14.2. The summed E-state index contributed by atoms with van der Waals surface area (Å²) < 4.78 is 0. The number of nitrogens with zero attached hydrogens (tertiary/aromatic N) is 4. The number of piperidine rings is 1. The summed E-state index contributed by atoms with van der Waals surface area (Å²) in [4.78, 5) is 15.8. The van der Waals surface area contributed by atoms with E-state index in [4.69, 9.17) is 0 Å². The van der Waals surface area contributed by atoms with Gasteiger partial charge in [-0.25, -0.2) is 0 Å². The van der Waals surface area contributed by atoms with Crippen molar-refractivity contribution in [2.45, 2.75) is 46.0 Å². The minimum Gasteiger partial charge on any atom is -0.354 e. The van der Waals surface area contributed by atoms with Gasteiger partial charge >= 0.3 is 0 Å². The van der Waals surface area contributed by atoms with Crippen molar-refractivity contribution in [3.8, 4) is 0 Å². The molecule has 0 unspecified atom stereocenters. The molecule has 2 rings (SSSR count). The van der Waals surface area contributed by atoms with E-state index in [-0.39, 0.29) is 0 Å². The van der Waals surface area contributed by atoms with E-state index < -0.39 is 0 Å². The molecule has 0 bridgehead atoms. The Morgan fingerprint density at radius 1 is 0.850 bits per heavy atom. The van der Waals surface area contributed by atoms with Crippen LogP contribution in [0.25, 0.3) is 0 Å². The van der Waals surface area contributed by atoms with Gasteiger partial charge in [-0.05, 0) is 32.1 Å². The number of anilines is 3. The lowest BCUT2D eigenvalue weighted by Gasteiger charge is -2.27. The molecular formula is C14H26N6. The van der Waals surface area contributed by atoms with Crippen molar-refractivity contribution in [2.75, 3.05) is 41.7 Å². The smallest absolute Gasteiger partial charge is 0.231 e. The Balaban J connectivity index is 2.14. The summed E-state index contributed by atoms with van der Waals surface area (Å²) in [5.74, 6) is 2.17. The predicted octanol–water partition coefficient (Wildman–Crippen LogP) is 2.51. The topological polar surface area (TPSA) is 66.0 Å². The molecule has 1 saturated heterocycles. The molecule has 1 aromatic heterocycles. The van der Waals surface area contributed by atoms with Crippen molar-refractivity contribution >= 4 is 17.8 Å². The Hall–Kier alpha value is -1.59. The van der Waals surface area contributed by atoms with Gasteiger partial charge in [-0.3, -0.25) is 0 Å². The third-order valence-electron chi connectivity index (χ3n) is 3.33. The maximum Gasteiger partial charge on any atom is 0.231 e. The monoisotopic (exact) mass is 278 g/mol. The van der Waals surface area contributed by atoms with E-state index in [1.54, 1.807) is 0 Å².